The van der Waals surface area contributed by atoms with Crippen molar-refractivity contribution in [2.75, 3.05) is 21.2 Å². The van der Waals surface area contributed by atoms with E-state index in [1.807, 2.05) is 14.1 Å². The number of nitrogens with zero attached hydrogens (tertiary/aromatic N) is 1. The average Bonchev–Trinajstić information content (AvgIpc) is 2.25. The number of hydrogen-bond donors (Lipinski definition) is 1. The largest absolute Gasteiger partial charge is 0.493 e. The summed E-state index contributed by atoms with van der Waals surface area (Å²) in [4.78, 5) is 10.8. The lowest BCUT2D eigenvalue weighted by molar-refractivity contribution is 0.0696. The molecule has 17 heavy (non-hydrogen) atoms. The summed E-state index contributed by atoms with van der Waals surface area (Å²) < 4.78 is 12.1. The van der Waals surface area contributed by atoms with Crippen molar-refractivity contribution in [1.82, 2.24) is 4.31 Å². The molecule has 0 saturated carbocycles. The maximum atomic E-state index is 10.8. The number of rotatable bonds is 5. The Hall–Kier alpha value is -1.05. The summed E-state index contributed by atoms with van der Waals surface area (Å²) in [5.74, 6) is -0.109. The van der Waals surface area contributed by atoms with E-state index in [-0.39, 0.29) is 19.1 Å². The Bertz CT molecular complexity index is 385. The molecule has 0 radical (unpaired) electrons. The third-order valence-corrected chi connectivity index (χ3v) is 2.24. The van der Waals surface area contributed by atoms with Crippen molar-refractivity contribution in [3.8, 4) is 11.5 Å². The van der Waals surface area contributed by atoms with Crippen molar-refractivity contribution in [3.63, 3.8) is 0 Å². The van der Waals surface area contributed by atoms with E-state index in [4.69, 9.17) is 14.0 Å². The second kappa shape index (κ2) is 7.31. The molecule has 1 aromatic carbocycles. The predicted molar refractivity (Wildman–Crippen MR) is 72.2 cm³/mol. The van der Waals surface area contributed by atoms with Crippen LogP contribution in [0.3, 0.4) is 0 Å². The number of hydrogen-bond acceptors (Lipinski definition) is 5. The standard InChI is InChI=1S/C10H13NO4S.H2S/c1-11(2)16-15-9-6-7(10(12)13)4-5-8(9)14-3;/h4-6H,1-3H3,(H,12,13);1H2. The van der Waals surface area contributed by atoms with Crippen molar-refractivity contribution in [2.45, 2.75) is 0 Å². The molecule has 0 aliphatic carbocycles. The van der Waals surface area contributed by atoms with Gasteiger partial charge in [-0.1, -0.05) is 0 Å². The third kappa shape index (κ3) is 4.76. The van der Waals surface area contributed by atoms with Crippen LogP contribution in [0.4, 0.5) is 0 Å². The minimum Gasteiger partial charge on any atom is -0.493 e. The molecule has 0 heterocycles. The Morgan fingerprint density at radius 3 is 2.47 bits per heavy atom. The number of carbonyl (C=O) groups is 1. The molecule has 0 bridgehead atoms. The van der Waals surface area contributed by atoms with Gasteiger partial charge in [0.05, 0.1) is 12.7 Å². The molecule has 0 unspecified atom stereocenters. The van der Waals surface area contributed by atoms with Crippen LogP contribution in [0.5, 0.6) is 11.5 Å². The van der Waals surface area contributed by atoms with E-state index in [1.54, 1.807) is 10.4 Å². The van der Waals surface area contributed by atoms with Crippen LogP contribution in [0.25, 0.3) is 0 Å². The topological polar surface area (TPSA) is 59.0 Å². The Kier molecular flexibility index (Phi) is 6.86. The van der Waals surface area contributed by atoms with Crippen LogP contribution >= 0.6 is 25.7 Å². The van der Waals surface area contributed by atoms with Gasteiger partial charge in [0.25, 0.3) is 0 Å². The number of ether oxygens (including phenoxy) is 1. The smallest absolute Gasteiger partial charge is 0.335 e. The first kappa shape index (κ1) is 16.0. The van der Waals surface area contributed by atoms with Gasteiger partial charge in [-0.2, -0.15) is 13.5 Å². The highest BCUT2D eigenvalue weighted by Gasteiger charge is 2.11. The molecule has 0 saturated heterocycles. The predicted octanol–water partition coefficient (Wildman–Crippen LogP) is 2.01. The van der Waals surface area contributed by atoms with E-state index in [9.17, 15) is 4.79 Å². The molecular formula is C10H15NO4S2. The van der Waals surface area contributed by atoms with E-state index >= 15 is 0 Å². The zero-order chi connectivity index (χ0) is 12.1. The average molecular weight is 277 g/mol. The number of benzene rings is 1. The summed E-state index contributed by atoms with van der Waals surface area (Å²) in [5.41, 5.74) is 0.162. The maximum Gasteiger partial charge on any atom is 0.335 e. The molecule has 0 aliphatic rings. The Morgan fingerprint density at radius 1 is 1.35 bits per heavy atom. The molecular weight excluding hydrogens is 262 g/mol. The van der Waals surface area contributed by atoms with Crippen molar-refractivity contribution >= 4 is 31.7 Å². The molecule has 0 spiro atoms. The molecule has 0 aliphatic heterocycles. The zero-order valence-corrected chi connectivity index (χ0v) is 11.6. The van der Waals surface area contributed by atoms with Crippen LogP contribution in [0.15, 0.2) is 18.2 Å². The summed E-state index contributed by atoms with van der Waals surface area (Å²) in [6.45, 7) is 0. The fourth-order valence-corrected chi connectivity index (χ4v) is 1.35. The second-order valence-electron chi connectivity index (χ2n) is 3.14. The molecule has 0 fully saturated rings. The molecule has 96 valence electrons. The minimum absolute atomic E-state index is 0. The van der Waals surface area contributed by atoms with Crippen LogP contribution in [0, 0.1) is 0 Å². The summed E-state index contributed by atoms with van der Waals surface area (Å²) in [5, 5.41) is 8.84. The molecule has 0 aromatic heterocycles. The Balaban J connectivity index is 0.00000256. The van der Waals surface area contributed by atoms with Gasteiger partial charge in [-0.05, 0) is 12.1 Å². The summed E-state index contributed by atoms with van der Waals surface area (Å²) >= 11 is 1.09. The number of carboxylic acids is 1. The van der Waals surface area contributed by atoms with Gasteiger partial charge in [0.2, 0.25) is 0 Å². The highest BCUT2D eigenvalue weighted by molar-refractivity contribution is 7.92. The van der Waals surface area contributed by atoms with Crippen molar-refractivity contribution in [3.05, 3.63) is 23.8 Å². The molecule has 1 aromatic rings. The molecule has 0 amide bonds. The van der Waals surface area contributed by atoms with Gasteiger partial charge in [-0.3, -0.25) is 0 Å². The van der Waals surface area contributed by atoms with Gasteiger partial charge in [0, 0.05) is 20.2 Å². The number of methoxy groups -OCH3 is 1. The third-order valence-electron chi connectivity index (χ3n) is 1.69. The summed E-state index contributed by atoms with van der Waals surface area (Å²) in [6, 6.07) is 4.46. The SMILES string of the molecule is COc1ccc(C(=O)O)cc1OSN(C)C.S. The Labute approximate surface area is 111 Å². The van der Waals surface area contributed by atoms with E-state index < -0.39 is 5.97 Å². The highest BCUT2D eigenvalue weighted by Crippen LogP contribution is 2.31. The summed E-state index contributed by atoms with van der Waals surface area (Å²) in [6.07, 6.45) is 0. The lowest BCUT2D eigenvalue weighted by Gasteiger charge is -2.12. The van der Waals surface area contributed by atoms with E-state index in [0.29, 0.717) is 11.5 Å². The molecule has 5 nitrogen and oxygen atoms in total. The monoisotopic (exact) mass is 277 g/mol. The first-order valence-corrected chi connectivity index (χ1v) is 5.17. The number of carboxylic acid groups (broad SMARTS) is 1. The lowest BCUT2D eigenvalue weighted by atomic mass is 10.2. The number of aromatic carboxylic acids is 1. The minimum atomic E-state index is -0.998. The van der Waals surface area contributed by atoms with Gasteiger partial charge in [-0.15, -0.1) is 0 Å². The van der Waals surface area contributed by atoms with Crippen LogP contribution < -0.4 is 8.92 Å². The van der Waals surface area contributed by atoms with Crippen LogP contribution in [0.1, 0.15) is 10.4 Å². The van der Waals surface area contributed by atoms with Crippen LogP contribution in [-0.4, -0.2) is 36.6 Å². The van der Waals surface area contributed by atoms with E-state index in [2.05, 4.69) is 0 Å². The van der Waals surface area contributed by atoms with Crippen molar-refractivity contribution < 1.29 is 18.8 Å². The van der Waals surface area contributed by atoms with Gasteiger partial charge >= 0.3 is 5.97 Å². The maximum absolute atomic E-state index is 10.8. The molecule has 1 rings (SSSR count). The lowest BCUT2D eigenvalue weighted by Crippen LogP contribution is -2.04. The normalized spacial score (nSPS) is 9.65. The van der Waals surface area contributed by atoms with Crippen molar-refractivity contribution in [2.24, 2.45) is 0 Å². The van der Waals surface area contributed by atoms with Crippen molar-refractivity contribution in [1.29, 1.82) is 0 Å². The second-order valence-corrected chi connectivity index (χ2v) is 4.19. The van der Waals surface area contributed by atoms with Gasteiger partial charge in [0.15, 0.2) is 11.5 Å². The summed E-state index contributed by atoms with van der Waals surface area (Å²) in [7, 11) is 5.14. The first-order chi connectivity index (χ1) is 7.54. The molecule has 7 heteroatoms. The fourth-order valence-electron chi connectivity index (χ4n) is 0.990. The van der Waals surface area contributed by atoms with E-state index in [1.165, 1.54) is 19.2 Å². The van der Waals surface area contributed by atoms with E-state index in [0.717, 1.165) is 12.2 Å². The highest BCUT2D eigenvalue weighted by atomic mass is 32.2. The zero-order valence-electron chi connectivity index (χ0n) is 9.76. The van der Waals surface area contributed by atoms with Gasteiger partial charge in [0.1, 0.15) is 12.2 Å². The van der Waals surface area contributed by atoms with Gasteiger partial charge < -0.3 is 14.0 Å². The molecule has 1 N–H and O–H groups in total. The Morgan fingerprint density at radius 2 is 2.00 bits per heavy atom. The van der Waals surface area contributed by atoms with Crippen LogP contribution in [-0.2, 0) is 0 Å². The van der Waals surface area contributed by atoms with Gasteiger partial charge in [-0.25, -0.2) is 9.10 Å². The fraction of sp³-hybridized carbons (Fsp3) is 0.300. The quantitative estimate of drug-likeness (QED) is 0.656. The van der Waals surface area contributed by atoms with Crippen LogP contribution in [0.2, 0.25) is 0 Å². The molecule has 0 atom stereocenters. The first-order valence-electron chi connectivity index (χ1n) is 4.48.